The highest BCUT2D eigenvalue weighted by Crippen LogP contribution is 2.20. The van der Waals surface area contributed by atoms with Crippen molar-refractivity contribution >= 4 is 23.5 Å². The van der Waals surface area contributed by atoms with Crippen LogP contribution in [0.4, 0.5) is 8.78 Å². The van der Waals surface area contributed by atoms with Gasteiger partial charge >= 0.3 is 5.97 Å². The molecule has 0 saturated carbocycles. The van der Waals surface area contributed by atoms with E-state index in [1.807, 2.05) is 37.3 Å². The molecule has 0 aliphatic rings. The van der Waals surface area contributed by atoms with E-state index in [0.717, 1.165) is 18.4 Å². The van der Waals surface area contributed by atoms with Gasteiger partial charge in [-0.1, -0.05) is 41.9 Å². The third-order valence-electron chi connectivity index (χ3n) is 3.68. The van der Waals surface area contributed by atoms with Crippen molar-refractivity contribution in [2.45, 2.75) is 25.8 Å². The van der Waals surface area contributed by atoms with E-state index < -0.39 is 30.1 Å². The summed E-state index contributed by atoms with van der Waals surface area (Å²) in [4.78, 5) is 23.7. The molecular formula is C19H18ClF2NO3. The molecule has 0 bridgehead atoms. The van der Waals surface area contributed by atoms with Crippen LogP contribution in [0.2, 0.25) is 5.02 Å². The maximum absolute atomic E-state index is 13.2. The van der Waals surface area contributed by atoms with Gasteiger partial charge in [0.15, 0.2) is 18.2 Å². The summed E-state index contributed by atoms with van der Waals surface area (Å²) in [6, 6.07) is 11.0. The maximum Gasteiger partial charge on any atom is 0.340 e. The number of halogens is 3. The van der Waals surface area contributed by atoms with Crippen LogP contribution in [0, 0.1) is 11.6 Å². The zero-order chi connectivity index (χ0) is 19.1. The molecule has 1 amide bonds. The average molecular weight is 382 g/mol. The molecule has 26 heavy (non-hydrogen) atoms. The van der Waals surface area contributed by atoms with Crippen LogP contribution < -0.4 is 5.32 Å². The van der Waals surface area contributed by atoms with E-state index in [2.05, 4.69) is 5.32 Å². The van der Waals surface area contributed by atoms with Crippen LogP contribution in [-0.4, -0.2) is 24.5 Å². The Morgan fingerprint density at radius 2 is 1.81 bits per heavy atom. The number of aryl methyl sites for hydroxylation is 1. The first kappa shape index (κ1) is 19.8. The molecule has 0 spiro atoms. The Balaban J connectivity index is 1.79. The number of esters is 1. The summed E-state index contributed by atoms with van der Waals surface area (Å²) in [6.45, 7) is 1.30. The number of benzene rings is 2. The molecule has 0 unspecified atom stereocenters. The highest BCUT2D eigenvalue weighted by atomic mass is 35.5. The molecule has 0 aromatic heterocycles. The van der Waals surface area contributed by atoms with Crippen molar-refractivity contribution in [1.29, 1.82) is 0 Å². The molecule has 138 valence electrons. The van der Waals surface area contributed by atoms with Crippen LogP contribution in [0.1, 0.15) is 29.3 Å². The Labute approximate surface area is 155 Å². The topological polar surface area (TPSA) is 55.4 Å². The Bertz CT molecular complexity index is 784. The predicted octanol–water partition coefficient (Wildman–Crippen LogP) is 3.91. The van der Waals surface area contributed by atoms with Gasteiger partial charge in [0, 0.05) is 6.04 Å². The first-order valence-corrected chi connectivity index (χ1v) is 8.39. The fourth-order valence-electron chi connectivity index (χ4n) is 2.30. The number of ether oxygens (including phenoxy) is 1. The Morgan fingerprint density at radius 3 is 2.50 bits per heavy atom. The third-order valence-corrected chi connectivity index (χ3v) is 3.99. The fourth-order valence-corrected chi connectivity index (χ4v) is 2.53. The molecule has 2 aromatic rings. The lowest BCUT2D eigenvalue weighted by atomic mass is 10.1. The quantitative estimate of drug-likeness (QED) is 0.584. The second-order valence-electron chi connectivity index (χ2n) is 5.82. The minimum atomic E-state index is -1.22. The molecule has 0 aliphatic heterocycles. The molecule has 4 nitrogen and oxygen atoms in total. The summed E-state index contributed by atoms with van der Waals surface area (Å²) >= 11 is 5.69. The van der Waals surface area contributed by atoms with Crippen molar-refractivity contribution < 1.29 is 23.1 Å². The van der Waals surface area contributed by atoms with Gasteiger partial charge < -0.3 is 10.1 Å². The molecule has 2 aromatic carbocycles. The Morgan fingerprint density at radius 1 is 1.15 bits per heavy atom. The Hall–Kier alpha value is -2.47. The van der Waals surface area contributed by atoms with Crippen LogP contribution in [0.3, 0.4) is 0 Å². The second kappa shape index (κ2) is 9.29. The van der Waals surface area contributed by atoms with Gasteiger partial charge in [-0.15, -0.1) is 0 Å². The van der Waals surface area contributed by atoms with Gasteiger partial charge in [-0.05, 0) is 37.5 Å². The number of carbonyl (C=O) groups excluding carboxylic acids is 2. The highest BCUT2D eigenvalue weighted by molar-refractivity contribution is 6.33. The summed E-state index contributed by atoms with van der Waals surface area (Å²) in [5.41, 5.74) is 0.823. The molecule has 1 atom stereocenters. The number of carbonyl (C=O) groups is 2. The number of hydrogen-bond donors (Lipinski definition) is 1. The zero-order valence-corrected chi connectivity index (χ0v) is 14.9. The summed E-state index contributed by atoms with van der Waals surface area (Å²) < 4.78 is 31.0. The summed E-state index contributed by atoms with van der Waals surface area (Å²) in [5, 5.41) is 2.42. The number of hydrogen-bond acceptors (Lipinski definition) is 3. The van der Waals surface area contributed by atoms with Crippen LogP contribution >= 0.6 is 11.6 Å². The van der Waals surface area contributed by atoms with E-state index in [9.17, 15) is 18.4 Å². The molecule has 1 N–H and O–H groups in total. The minimum absolute atomic E-state index is 0.117. The average Bonchev–Trinajstić information content (AvgIpc) is 2.62. The first-order chi connectivity index (χ1) is 12.4. The van der Waals surface area contributed by atoms with Crippen molar-refractivity contribution in [2.24, 2.45) is 0 Å². The van der Waals surface area contributed by atoms with E-state index in [4.69, 9.17) is 16.3 Å². The predicted molar refractivity (Wildman–Crippen MR) is 94.0 cm³/mol. The first-order valence-electron chi connectivity index (χ1n) is 8.01. The summed E-state index contributed by atoms with van der Waals surface area (Å²) in [6.07, 6.45) is 1.52. The van der Waals surface area contributed by atoms with Crippen molar-refractivity contribution in [3.8, 4) is 0 Å². The number of amides is 1. The molecule has 0 heterocycles. The van der Waals surface area contributed by atoms with Crippen molar-refractivity contribution in [3.63, 3.8) is 0 Å². The zero-order valence-electron chi connectivity index (χ0n) is 14.1. The molecule has 0 radical (unpaired) electrons. The molecular weight excluding hydrogens is 364 g/mol. The van der Waals surface area contributed by atoms with Gasteiger partial charge in [-0.3, -0.25) is 4.79 Å². The minimum Gasteiger partial charge on any atom is -0.452 e. The fraction of sp³-hybridized carbons (Fsp3) is 0.263. The SMILES string of the molecule is C[C@H](CCc1ccccc1)NC(=O)COC(=O)c1cc(F)c(F)cc1Cl. The smallest absolute Gasteiger partial charge is 0.340 e. The van der Waals surface area contributed by atoms with Crippen molar-refractivity contribution in [3.05, 3.63) is 70.2 Å². The normalized spacial score (nSPS) is 11.7. The van der Waals surface area contributed by atoms with Crippen LogP contribution in [0.5, 0.6) is 0 Å². The van der Waals surface area contributed by atoms with E-state index in [0.29, 0.717) is 12.1 Å². The number of rotatable bonds is 7. The highest BCUT2D eigenvalue weighted by Gasteiger charge is 2.18. The molecule has 0 fully saturated rings. The molecule has 2 rings (SSSR count). The standard InChI is InChI=1S/C19H18ClF2NO3/c1-12(7-8-13-5-3-2-4-6-13)23-18(24)11-26-19(25)14-9-16(21)17(22)10-15(14)20/h2-6,9-10,12H,7-8,11H2,1H3,(H,23,24)/t12-/m1/s1. The van der Waals surface area contributed by atoms with E-state index in [1.165, 1.54) is 0 Å². The van der Waals surface area contributed by atoms with Crippen molar-refractivity contribution in [1.82, 2.24) is 5.32 Å². The molecule has 7 heteroatoms. The van der Waals surface area contributed by atoms with E-state index in [1.54, 1.807) is 0 Å². The van der Waals surface area contributed by atoms with Crippen LogP contribution in [0.25, 0.3) is 0 Å². The third kappa shape index (κ3) is 5.81. The van der Waals surface area contributed by atoms with Crippen LogP contribution in [-0.2, 0) is 16.0 Å². The van der Waals surface area contributed by atoms with Crippen LogP contribution in [0.15, 0.2) is 42.5 Å². The molecule has 0 aliphatic carbocycles. The van der Waals surface area contributed by atoms with Gasteiger partial charge in [-0.2, -0.15) is 0 Å². The van der Waals surface area contributed by atoms with Gasteiger partial charge in [0.25, 0.3) is 5.91 Å². The van der Waals surface area contributed by atoms with E-state index >= 15 is 0 Å². The van der Waals surface area contributed by atoms with Gasteiger partial charge in [0.1, 0.15) is 0 Å². The van der Waals surface area contributed by atoms with Gasteiger partial charge in [-0.25, -0.2) is 13.6 Å². The number of nitrogens with one attached hydrogen (secondary N) is 1. The molecule has 0 saturated heterocycles. The lowest BCUT2D eigenvalue weighted by molar-refractivity contribution is -0.124. The summed E-state index contributed by atoms with van der Waals surface area (Å²) in [7, 11) is 0. The van der Waals surface area contributed by atoms with Gasteiger partial charge in [0.2, 0.25) is 0 Å². The monoisotopic (exact) mass is 381 g/mol. The Kier molecular flexibility index (Phi) is 7.09. The lowest BCUT2D eigenvalue weighted by Gasteiger charge is -2.14. The van der Waals surface area contributed by atoms with E-state index in [-0.39, 0.29) is 16.6 Å². The largest absolute Gasteiger partial charge is 0.452 e. The lowest BCUT2D eigenvalue weighted by Crippen LogP contribution is -2.36. The maximum atomic E-state index is 13.2. The van der Waals surface area contributed by atoms with Gasteiger partial charge in [0.05, 0.1) is 10.6 Å². The van der Waals surface area contributed by atoms with Crippen molar-refractivity contribution in [2.75, 3.05) is 6.61 Å². The summed E-state index contributed by atoms with van der Waals surface area (Å²) in [5.74, 6) is -3.88. The second-order valence-corrected chi connectivity index (χ2v) is 6.22.